The Kier molecular flexibility index (Phi) is 13.0. The third-order valence-electron chi connectivity index (χ3n) is 22.8. The zero-order valence-electron chi connectivity index (χ0n) is 57.8. The fourth-order valence-electron chi connectivity index (χ4n) is 18.5. The van der Waals surface area contributed by atoms with Crippen molar-refractivity contribution in [1.82, 2.24) is 0 Å². The van der Waals surface area contributed by atoms with E-state index in [0.29, 0.717) is 0 Å². The maximum absolute atomic E-state index is 7.81. The van der Waals surface area contributed by atoms with Gasteiger partial charge in [0, 0.05) is 86.1 Å². The highest BCUT2D eigenvalue weighted by molar-refractivity contribution is 7.01. The number of ether oxygens (including phenoxy) is 3. The van der Waals surface area contributed by atoms with E-state index in [-0.39, 0.29) is 20.1 Å². The van der Waals surface area contributed by atoms with Crippen molar-refractivity contribution in [2.45, 2.75) is 0 Å². The molecular formula is C96H60B3N5O3. The molecule has 0 radical (unpaired) electrons. The van der Waals surface area contributed by atoms with Crippen LogP contribution in [-0.4, -0.2) is 20.1 Å². The summed E-state index contributed by atoms with van der Waals surface area (Å²) >= 11 is 0. The van der Waals surface area contributed by atoms with Gasteiger partial charge in [0.05, 0.1) is 11.4 Å². The molecule has 17 aromatic rings. The summed E-state index contributed by atoms with van der Waals surface area (Å²) in [5, 5.41) is 6.51. The largest absolute Gasteiger partial charge is 0.458 e. The van der Waals surface area contributed by atoms with E-state index in [1.807, 2.05) is 0 Å². The number of anilines is 15. The minimum Gasteiger partial charge on any atom is -0.458 e. The van der Waals surface area contributed by atoms with Crippen LogP contribution in [0.3, 0.4) is 0 Å². The zero-order chi connectivity index (χ0) is 70.0. The van der Waals surface area contributed by atoms with Gasteiger partial charge in [-0.1, -0.05) is 206 Å². The fourth-order valence-corrected chi connectivity index (χ4v) is 18.5. The number of hydrogen-bond acceptors (Lipinski definition) is 8. The first kappa shape index (κ1) is 59.6. The van der Waals surface area contributed by atoms with Gasteiger partial charge in [-0.2, -0.15) is 0 Å². The number of benzene rings is 17. The molecule has 6 aliphatic heterocycles. The summed E-state index contributed by atoms with van der Waals surface area (Å²) < 4.78 is 23.1. The molecule has 496 valence electrons. The molecule has 23 rings (SSSR count). The smallest absolute Gasteiger partial charge is 0.256 e. The molecular weight excluding hydrogens is 1300 g/mol. The third kappa shape index (κ3) is 8.95. The second kappa shape index (κ2) is 23.3. The lowest BCUT2D eigenvalue weighted by Crippen LogP contribution is -2.59. The highest BCUT2D eigenvalue weighted by Gasteiger charge is 2.47. The predicted octanol–water partition coefficient (Wildman–Crippen LogP) is 19.3. The lowest BCUT2D eigenvalue weighted by atomic mass is 9.33. The molecule has 6 heterocycles. The van der Waals surface area contributed by atoms with E-state index >= 15 is 0 Å². The molecule has 0 atom stereocenters. The van der Waals surface area contributed by atoms with Crippen molar-refractivity contribution in [2.24, 2.45) is 0 Å². The molecule has 0 fully saturated rings. The Bertz CT molecular complexity index is 6330. The van der Waals surface area contributed by atoms with E-state index < -0.39 is 0 Å². The summed E-state index contributed by atoms with van der Waals surface area (Å²) in [4.78, 5) is 12.0. The highest BCUT2D eigenvalue weighted by atomic mass is 16.5. The van der Waals surface area contributed by atoms with E-state index in [0.717, 1.165) is 185 Å². The normalized spacial score (nSPS) is 13.3. The number of para-hydroxylation sites is 10. The molecule has 0 aromatic heterocycles. The van der Waals surface area contributed by atoms with Crippen molar-refractivity contribution in [2.75, 3.05) is 24.5 Å². The SMILES string of the molecule is c1ccc(N(c2ccccc2)c2cc3c4c(c2)N(c2ccccc2)c2ccccc2B4c2cc4c(cc2O3)c2cc3c(cc2c2cc5c(cc42)Oc2cc(N(c4ccccc4)c4ccccc4)cc4c2B5c2ccccc2N4c2ccccc2)Oc2cccc4c2B3c2ccccc2N4c2ccccc2)cc1. The van der Waals surface area contributed by atoms with Crippen LogP contribution in [0.25, 0.3) is 32.3 Å². The molecule has 0 unspecified atom stereocenters. The minimum atomic E-state index is -0.231. The topological polar surface area (TPSA) is 43.9 Å². The first-order chi connectivity index (χ1) is 53.1. The molecule has 0 spiro atoms. The van der Waals surface area contributed by atoms with Gasteiger partial charge < -0.3 is 38.7 Å². The molecule has 8 nitrogen and oxygen atoms in total. The Balaban J connectivity index is 0.804. The molecule has 0 aliphatic carbocycles. The average Bonchev–Trinajstić information content (AvgIpc) is 0.713. The van der Waals surface area contributed by atoms with Gasteiger partial charge in [0.1, 0.15) is 34.5 Å². The minimum absolute atomic E-state index is 0.153. The molecule has 0 bridgehead atoms. The fraction of sp³-hybridized carbons (Fsp3) is 0. The molecule has 107 heavy (non-hydrogen) atoms. The van der Waals surface area contributed by atoms with Gasteiger partial charge in [0.2, 0.25) is 0 Å². The van der Waals surface area contributed by atoms with Gasteiger partial charge >= 0.3 is 0 Å². The number of hydrogen-bond donors (Lipinski definition) is 0. The second-order valence-electron chi connectivity index (χ2n) is 28.6. The first-order valence-corrected chi connectivity index (χ1v) is 36.8. The standard InChI is InChI=1S/C96H60B3N5O3/c1-8-29-61(30-9-1)100(62-31-10-2-11-32-62)68-51-86-95-92(53-68)107-91-60-75-71(56-80(91)98(95)77-44-23-26-47-83(77)103(86)66-39-18-6-19-40-66)73-58-89-79(97-76-43-22-25-46-82(76)102(65-37-16-5-17-38-65)85-49-28-50-88(105-89)94(85)97)55-70(73)74-59-90-81(57-72(74)75)99-78-45-24-27-48-84(78)104(67-41-20-7-21-42-67)87-52-69(54-93(106-90)96(87)99)101(63-33-12-3-13-34-63)64-35-14-4-15-36-64/h1-60H. The highest BCUT2D eigenvalue weighted by Crippen LogP contribution is 2.52. The van der Waals surface area contributed by atoms with Crippen LogP contribution in [-0.2, 0) is 0 Å². The van der Waals surface area contributed by atoms with Crippen LogP contribution in [0, 0.1) is 0 Å². The second-order valence-corrected chi connectivity index (χ2v) is 28.6. The average molecular weight is 1360 g/mol. The van der Waals surface area contributed by atoms with Crippen molar-refractivity contribution >= 4 is 187 Å². The van der Waals surface area contributed by atoms with Crippen molar-refractivity contribution in [1.29, 1.82) is 0 Å². The summed E-state index contributed by atoms with van der Waals surface area (Å²) in [5.41, 5.74) is 26.2. The van der Waals surface area contributed by atoms with Crippen LogP contribution >= 0.6 is 0 Å². The Morgan fingerprint density at radius 3 is 0.804 bits per heavy atom. The third-order valence-corrected chi connectivity index (χ3v) is 22.8. The van der Waals surface area contributed by atoms with Crippen LogP contribution in [0.2, 0.25) is 0 Å². The van der Waals surface area contributed by atoms with E-state index in [1.54, 1.807) is 0 Å². The maximum Gasteiger partial charge on any atom is 0.256 e. The summed E-state index contributed by atoms with van der Waals surface area (Å²) in [6.07, 6.45) is 0. The van der Waals surface area contributed by atoms with Gasteiger partial charge in [0.25, 0.3) is 20.1 Å². The quantitative estimate of drug-likeness (QED) is 0.105. The maximum atomic E-state index is 7.81. The Morgan fingerprint density at radius 2 is 0.458 bits per heavy atom. The van der Waals surface area contributed by atoms with Gasteiger partial charge in [0.15, 0.2) is 0 Å². The Hall–Kier alpha value is -13.9. The number of nitrogens with zero attached hydrogens (tertiary/aromatic N) is 5. The van der Waals surface area contributed by atoms with Gasteiger partial charge in [-0.3, -0.25) is 0 Å². The monoisotopic (exact) mass is 1360 g/mol. The molecule has 0 saturated heterocycles. The van der Waals surface area contributed by atoms with E-state index in [1.165, 1.54) is 16.4 Å². The van der Waals surface area contributed by atoms with Crippen molar-refractivity contribution in [3.05, 3.63) is 364 Å². The summed E-state index contributed by atoms with van der Waals surface area (Å²) in [7, 11) is 0. The lowest BCUT2D eigenvalue weighted by Gasteiger charge is -2.41. The van der Waals surface area contributed by atoms with Crippen LogP contribution in [0.15, 0.2) is 364 Å². The van der Waals surface area contributed by atoms with E-state index in [9.17, 15) is 0 Å². The van der Waals surface area contributed by atoms with Crippen LogP contribution in [0.5, 0.6) is 34.5 Å². The van der Waals surface area contributed by atoms with Crippen LogP contribution in [0.4, 0.5) is 85.3 Å². The van der Waals surface area contributed by atoms with Crippen LogP contribution in [0.1, 0.15) is 0 Å². The van der Waals surface area contributed by atoms with E-state index in [2.05, 4.69) is 388 Å². The van der Waals surface area contributed by atoms with E-state index in [4.69, 9.17) is 14.2 Å². The van der Waals surface area contributed by atoms with Crippen molar-refractivity contribution in [3.63, 3.8) is 0 Å². The van der Waals surface area contributed by atoms with Crippen LogP contribution < -0.4 is 87.9 Å². The Morgan fingerprint density at radius 1 is 0.187 bits per heavy atom. The molecule has 11 heteroatoms. The molecule has 0 amide bonds. The summed E-state index contributed by atoms with van der Waals surface area (Å²) in [6, 6.07) is 132. The predicted molar refractivity (Wildman–Crippen MR) is 446 cm³/mol. The molecule has 17 aromatic carbocycles. The lowest BCUT2D eigenvalue weighted by molar-refractivity contribution is 0.488. The molecule has 0 saturated carbocycles. The zero-order valence-corrected chi connectivity index (χ0v) is 57.8. The molecule has 6 aliphatic rings. The summed E-state index contributed by atoms with van der Waals surface area (Å²) in [6.45, 7) is -0.607. The van der Waals surface area contributed by atoms with Gasteiger partial charge in [-0.25, -0.2) is 0 Å². The number of rotatable bonds is 9. The van der Waals surface area contributed by atoms with Gasteiger partial charge in [-0.15, -0.1) is 0 Å². The molecule has 0 N–H and O–H groups in total. The summed E-state index contributed by atoms with van der Waals surface area (Å²) in [5.74, 6) is 4.91. The van der Waals surface area contributed by atoms with Crippen molar-refractivity contribution in [3.8, 4) is 34.5 Å². The van der Waals surface area contributed by atoms with Crippen molar-refractivity contribution < 1.29 is 14.2 Å². The van der Waals surface area contributed by atoms with Gasteiger partial charge in [-0.05, 0) is 227 Å². The first-order valence-electron chi connectivity index (χ1n) is 36.8. The Labute approximate surface area is 620 Å². The number of fused-ring (bicyclic) bond motifs is 18.